The van der Waals surface area contributed by atoms with Crippen LogP contribution in [0, 0.1) is 0 Å². The standard InChI is InChI=1S/C12H17P.ClH.Zr/c1-4-8-12(13(2)3)11-9-6-5-7-10-11;;/h5-10H,4H2,1-3H3;1H;. The van der Waals surface area contributed by atoms with Crippen LogP contribution in [0.4, 0.5) is 0 Å². The van der Waals surface area contributed by atoms with E-state index in [-0.39, 0.29) is 0 Å². The molecule has 0 amide bonds. The number of allylic oxidation sites excluding steroid dienone is 1. The van der Waals surface area contributed by atoms with Crippen molar-refractivity contribution in [3.8, 4) is 0 Å². The second-order valence-corrected chi connectivity index (χ2v) is 22.1. The first-order valence-electron chi connectivity index (χ1n) is 5.25. The van der Waals surface area contributed by atoms with Crippen LogP contribution in [0.2, 0.25) is 0 Å². The Morgan fingerprint density at radius 3 is 2.40 bits per heavy atom. The summed E-state index contributed by atoms with van der Waals surface area (Å²) in [4.78, 5) is 0. The number of hydrogen-bond donors (Lipinski definition) is 0. The van der Waals surface area contributed by atoms with Crippen LogP contribution in [-0.4, -0.2) is 13.3 Å². The maximum atomic E-state index is 6.26. The van der Waals surface area contributed by atoms with Crippen LogP contribution in [0.15, 0.2) is 36.4 Å². The Balaban J connectivity index is 3.11. The van der Waals surface area contributed by atoms with Gasteiger partial charge in [-0.3, -0.25) is 0 Å². The van der Waals surface area contributed by atoms with Crippen molar-refractivity contribution in [1.82, 2.24) is 0 Å². The second-order valence-electron chi connectivity index (χ2n) is 4.11. The minimum absolute atomic E-state index is 0.698. The van der Waals surface area contributed by atoms with Crippen molar-refractivity contribution in [2.24, 2.45) is 0 Å². The predicted molar refractivity (Wildman–Crippen MR) is 70.7 cm³/mol. The molecular formula is C12H18ClPZr. The molecule has 0 bridgehead atoms. The molecule has 0 saturated heterocycles. The van der Waals surface area contributed by atoms with Crippen molar-refractivity contribution in [3.05, 3.63) is 42.0 Å². The molecule has 0 spiro atoms. The third-order valence-corrected chi connectivity index (χ3v) is 18.6. The van der Waals surface area contributed by atoms with Gasteiger partial charge < -0.3 is 0 Å². The zero-order valence-corrected chi connectivity index (χ0v) is 13.8. The van der Waals surface area contributed by atoms with E-state index in [4.69, 9.17) is 8.51 Å². The number of halogens is 1. The van der Waals surface area contributed by atoms with Gasteiger partial charge in [-0.15, -0.1) is 0 Å². The van der Waals surface area contributed by atoms with Gasteiger partial charge in [-0.25, -0.2) is 0 Å². The van der Waals surface area contributed by atoms with Gasteiger partial charge in [0.05, 0.1) is 0 Å². The van der Waals surface area contributed by atoms with Gasteiger partial charge in [0, 0.05) is 0 Å². The summed E-state index contributed by atoms with van der Waals surface area (Å²) in [5.74, 6) is 0. The molecule has 0 aliphatic carbocycles. The molecule has 0 nitrogen and oxygen atoms in total. The maximum absolute atomic E-state index is 6.26. The van der Waals surface area contributed by atoms with Gasteiger partial charge in [0.15, 0.2) is 0 Å². The van der Waals surface area contributed by atoms with Crippen molar-refractivity contribution >= 4 is 18.4 Å². The van der Waals surface area contributed by atoms with Crippen LogP contribution in [-0.2, 0) is 21.5 Å². The van der Waals surface area contributed by atoms with Gasteiger partial charge in [0.1, 0.15) is 0 Å². The van der Waals surface area contributed by atoms with E-state index < -0.39 is 26.0 Å². The van der Waals surface area contributed by atoms with E-state index in [2.05, 4.69) is 56.7 Å². The van der Waals surface area contributed by atoms with E-state index in [0.717, 1.165) is 6.42 Å². The molecular weight excluding hydrogens is 302 g/mol. The van der Waals surface area contributed by atoms with Gasteiger partial charge in [-0.1, -0.05) is 0 Å². The zero-order chi connectivity index (χ0) is 11.3. The van der Waals surface area contributed by atoms with Crippen LogP contribution in [0.25, 0.3) is 5.31 Å². The Labute approximate surface area is 108 Å². The van der Waals surface area contributed by atoms with Crippen molar-refractivity contribution < 1.29 is 21.5 Å². The summed E-state index contributed by atoms with van der Waals surface area (Å²) in [6.07, 6.45) is 3.49. The Hall–Kier alpha value is 0.563. The Bertz CT molecular complexity index is 333. The first-order chi connectivity index (χ1) is 7.11. The topological polar surface area (TPSA) is 0 Å². The zero-order valence-electron chi connectivity index (χ0n) is 9.55. The Morgan fingerprint density at radius 1 is 1.33 bits per heavy atom. The molecule has 0 atom stereocenters. The molecule has 82 valence electrons. The molecule has 3 heteroatoms. The van der Waals surface area contributed by atoms with Crippen molar-refractivity contribution in [2.45, 2.75) is 13.3 Å². The SMILES string of the molecule is CCC=C(c1ccccc1)[PH](C)(C)[Zr][Cl]. The average molecular weight is 320 g/mol. The van der Waals surface area contributed by atoms with Gasteiger partial charge in [0.2, 0.25) is 0 Å². The monoisotopic (exact) mass is 318 g/mol. The van der Waals surface area contributed by atoms with Crippen molar-refractivity contribution in [2.75, 3.05) is 13.3 Å². The molecule has 0 radical (unpaired) electrons. The third-order valence-electron chi connectivity index (χ3n) is 2.40. The first-order valence-corrected chi connectivity index (χ1v) is 15.1. The second kappa shape index (κ2) is 6.34. The molecule has 0 saturated carbocycles. The van der Waals surface area contributed by atoms with Crippen LogP contribution in [0.5, 0.6) is 0 Å². The molecule has 0 aromatic heterocycles. The van der Waals surface area contributed by atoms with E-state index in [1.807, 2.05) is 0 Å². The van der Waals surface area contributed by atoms with E-state index in [1.165, 1.54) is 5.56 Å². The van der Waals surface area contributed by atoms with Crippen molar-refractivity contribution in [3.63, 3.8) is 0 Å². The fourth-order valence-corrected chi connectivity index (χ4v) is 7.69. The summed E-state index contributed by atoms with van der Waals surface area (Å²) in [5, 5.41) is 1.56. The number of rotatable bonds is 4. The van der Waals surface area contributed by atoms with Gasteiger partial charge in [-0.2, -0.15) is 0 Å². The van der Waals surface area contributed by atoms with Crippen LogP contribution in [0.1, 0.15) is 18.9 Å². The molecule has 1 rings (SSSR count). The van der Waals surface area contributed by atoms with Gasteiger partial charge in [0.25, 0.3) is 0 Å². The Morgan fingerprint density at radius 2 is 1.93 bits per heavy atom. The third kappa shape index (κ3) is 3.81. The molecule has 0 heterocycles. The summed E-state index contributed by atoms with van der Waals surface area (Å²) in [6.45, 7) is 7.01. The van der Waals surface area contributed by atoms with Crippen molar-refractivity contribution in [1.29, 1.82) is 0 Å². The van der Waals surface area contributed by atoms with Gasteiger partial charge >= 0.3 is 108 Å². The molecule has 0 aliphatic rings. The fraction of sp³-hybridized carbons (Fsp3) is 0.333. The summed E-state index contributed by atoms with van der Waals surface area (Å²) >= 11 is -0.698. The quantitative estimate of drug-likeness (QED) is 0.712. The first kappa shape index (κ1) is 13.6. The molecule has 15 heavy (non-hydrogen) atoms. The molecule has 0 N–H and O–H groups in total. The van der Waals surface area contributed by atoms with Crippen LogP contribution < -0.4 is 0 Å². The molecule has 1 aromatic carbocycles. The normalized spacial score (nSPS) is 13.7. The van der Waals surface area contributed by atoms with E-state index in [0.29, 0.717) is 0 Å². The predicted octanol–water partition coefficient (Wildman–Crippen LogP) is 4.60. The van der Waals surface area contributed by atoms with E-state index in [9.17, 15) is 0 Å². The summed E-state index contributed by atoms with van der Waals surface area (Å²) in [5.41, 5.74) is 1.39. The summed E-state index contributed by atoms with van der Waals surface area (Å²) in [6, 6.07) is 10.7. The molecule has 0 aliphatic heterocycles. The molecule has 0 unspecified atom stereocenters. The van der Waals surface area contributed by atoms with Crippen LogP contribution in [0.3, 0.4) is 0 Å². The molecule has 0 fully saturated rings. The van der Waals surface area contributed by atoms with Gasteiger partial charge in [-0.05, 0) is 0 Å². The Kier molecular flexibility index (Phi) is 5.76. The summed E-state index contributed by atoms with van der Waals surface area (Å²) in [7, 11) is 6.26. The fourth-order valence-electron chi connectivity index (χ4n) is 1.61. The molecule has 1 aromatic rings. The average Bonchev–Trinajstić information content (AvgIpc) is 2.27. The van der Waals surface area contributed by atoms with Crippen LogP contribution >= 0.6 is 13.1 Å². The van der Waals surface area contributed by atoms with E-state index in [1.54, 1.807) is 5.31 Å². The number of benzene rings is 1. The summed E-state index contributed by atoms with van der Waals surface area (Å²) < 4.78 is -1.27. The number of hydrogen-bond acceptors (Lipinski definition) is 0. The van der Waals surface area contributed by atoms with E-state index >= 15 is 0 Å². The minimum atomic E-state index is -1.27.